The highest BCUT2D eigenvalue weighted by Gasteiger charge is 2.18. The van der Waals surface area contributed by atoms with Gasteiger partial charge in [-0.25, -0.2) is 9.40 Å². The Morgan fingerprint density at radius 2 is 2.07 bits per heavy atom. The molecule has 0 aromatic heterocycles. The fraction of sp³-hybridized carbons (Fsp3) is 0.400. The second-order valence-electron chi connectivity index (χ2n) is 3.20. The maximum Gasteiger partial charge on any atom is 0.213 e. The Balaban J connectivity index is 0.00000112. The van der Waals surface area contributed by atoms with Crippen molar-refractivity contribution in [3.63, 3.8) is 0 Å². The summed E-state index contributed by atoms with van der Waals surface area (Å²) < 4.78 is 17.6. The number of hydrogen-bond acceptors (Lipinski definition) is 3. The SMILES string of the molecule is FC1CN(Nc2ccccc2)CCO1.O. The first-order chi connectivity index (χ1) is 6.84. The molecule has 1 fully saturated rings. The van der Waals surface area contributed by atoms with Gasteiger partial charge in [0.15, 0.2) is 0 Å². The van der Waals surface area contributed by atoms with Gasteiger partial charge in [-0.1, -0.05) is 18.2 Å². The molecule has 0 amide bonds. The first kappa shape index (κ1) is 11.9. The Bertz CT molecular complexity index is 284. The fourth-order valence-electron chi connectivity index (χ4n) is 1.40. The van der Waals surface area contributed by atoms with Crippen molar-refractivity contribution < 1.29 is 14.6 Å². The maximum atomic E-state index is 12.8. The molecule has 1 aliphatic rings. The molecule has 2 rings (SSSR count). The number of para-hydroxylation sites is 1. The molecule has 5 heteroatoms. The zero-order valence-corrected chi connectivity index (χ0v) is 8.32. The summed E-state index contributed by atoms with van der Waals surface area (Å²) in [4.78, 5) is 0. The second kappa shape index (κ2) is 5.65. The number of hydrazine groups is 1. The molecule has 1 atom stereocenters. The van der Waals surface area contributed by atoms with Crippen LogP contribution in [0.15, 0.2) is 30.3 Å². The van der Waals surface area contributed by atoms with E-state index in [0.29, 0.717) is 13.2 Å². The third-order valence-electron chi connectivity index (χ3n) is 2.08. The quantitative estimate of drug-likeness (QED) is 0.792. The van der Waals surface area contributed by atoms with Gasteiger partial charge in [-0.05, 0) is 12.1 Å². The van der Waals surface area contributed by atoms with Crippen molar-refractivity contribution in [2.24, 2.45) is 0 Å². The number of rotatable bonds is 2. The summed E-state index contributed by atoms with van der Waals surface area (Å²) in [6.45, 7) is 1.41. The summed E-state index contributed by atoms with van der Waals surface area (Å²) in [5.74, 6) is 0. The van der Waals surface area contributed by atoms with Crippen molar-refractivity contribution in [1.82, 2.24) is 5.01 Å². The molecule has 0 bridgehead atoms. The zero-order chi connectivity index (χ0) is 9.80. The molecule has 0 radical (unpaired) electrons. The molecule has 1 aromatic rings. The van der Waals surface area contributed by atoms with Crippen molar-refractivity contribution >= 4 is 5.69 Å². The summed E-state index contributed by atoms with van der Waals surface area (Å²) in [6, 6.07) is 9.72. The van der Waals surface area contributed by atoms with E-state index in [4.69, 9.17) is 4.74 Å². The van der Waals surface area contributed by atoms with Crippen LogP contribution in [0.2, 0.25) is 0 Å². The molecular weight excluding hydrogens is 199 g/mol. The number of anilines is 1. The molecular formula is C10H15FN2O2. The van der Waals surface area contributed by atoms with Crippen molar-refractivity contribution in [3.05, 3.63) is 30.3 Å². The average Bonchev–Trinajstić information content (AvgIpc) is 2.19. The molecule has 1 unspecified atom stereocenters. The van der Waals surface area contributed by atoms with Crippen LogP contribution in [-0.4, -0.2) is 36.5 Å². The van der Waals surface area contributed by atoms with Gasteiger partial charge in [0.2, 0.25) is 6.36 Å². The van der Waals surface area contributed by atoms with Crippen LogP contribution in [0, 0.1) is 0 Å². The standard InChI is InChI=1S/C10H13FN2O.H2O/c11-10-8-13(6-7-14-10)12-9-4-2-1-3-5-9;/h1-5,10,12H,6-8H2;1H2. The summed E-state index contributed by atoms with van der Waals surface area (Å²) in [5.41, 5.74) is 4.10. The van der Waals surface area contributed by atoms with Crippen molar-refractivity contribution in [3.8, 4) is 0 Å². The third-order valence-corrected chi connectivity index (χ3v) is 2.08. The van der Waals surface area contributed by atoms with Crippen LogP contribution in [0.3, 0.4) is 0 Å². The molecule has 1 saturated heterocycles. The van der Waals surface area contributed by atoms with Crippen LogP contribution in [-0.2, 0) is 4.74 Å². The van der Waals surface area contributed by atoms with Gasteiger partial charge in [-0.15, -0.1) is 0 Å². The minimum absolute atomic E-state index is 0. The molecule has 0 saturated carbocycles. The normalized spacial score (nSPS) is 21.8. The van der Waals surface area contributed by atoms with Gasteiger partial charge in [-0.3, -0.25) is 0 Å². The van der Waals surface area contributed by atoms with E-state index >= 15 is 0 Å². The molecule has 84 valence electrons. The summed E-state index contributed by atoms with van der Waals surface area (Å²) >= 11 is 0. The van der Waals surface area contributed by atoms with E-state index in [2.05, 4.69) is 5.43 Å². The highest BCUT2D eigenvalue weighted by atomic mass is 19.1. The molecule has 4 nitrogen and oxygen atoms in total. The van der Waals surface area contributed by atoms with Crippen LogP contribution >= 0.6 is 0 Å². The van der Waals surface area contributed by atoms with E-state index in [0.717, 1.165) is 5.69 Å². The summed E-state index contributed by atoms with van der Waals surface area (Å²) in [5, 5.41) is 1.82. The van der Waals surface area contributed by atoms with Crippen LogP contribution in [0.5, 0.6) is 0 Å². The predicted molar refractivity (Wildman–Crippen MR) is 56.1 cm³/mol. The number of nitrogens with zero attached hydrogens (tertiary/aromatic N) is 1. The molecule has 1 heterocycles. The highest BCUT2D eigenvalue weighted by Crippen LogP contribution is 2.10. The Kier molecular flexibility index (Phi) is 4.48. The Morgan fingerprint density at radius 1 is 1.33 bits per heavy atom. The van der Waals surface area contributed by atoms with Gasteiger partial charge in [0.05, 0.1) is 13.2 Å². The molecule has 1 aromatic carbocycles. The van der Waals surface area contributed by atoms with Crippen molar-refractivity contribution in [1.29, 1.82) is 0 Å². The van der Waals surface area contributed by atoms with Gasteiger partial charge in [-0.2, -0.15) is 0 Å². The zero-order valence-electron chi connectivity index (χ0n) is 8.32. The minimum atomic E-state index is -1.18. The first-order valence-electron chi connectivity index (χ1n) is 4.67. The van der Waals surface area contributed by atoms with Gasteiger partial charge >= 0.3 is 0 Å². The number of benzene rings is 1. The number of halogens is 1. The lowest BCUT2D eigenvalue weighted by atomic mass is 10.3. The second-order valence-corrected chi connectivity index (χ2v) is 3.20. The van der Waals surface area contributed by atoms with Crippen LogP contribution in [0.1, 0.15) is 0 Å². The molecule has 0 spiro atoms. The van der Waals surface area contributed by atoms with Crippen LogP contribution < -0.4 is 5.43 Å². The largest absolute Gasteiger partial charge is 0.412 e. The number of hydrogen-bond donors (Lipinski definition) is 1. The van der Waals surface area contributed by atoms with Gasteiger partial charge in [0, 0.05) is 12.2 Å². The van der Waals surface area contributed by atoms with E-state index in [1.807, 2.05) is 35.3 Å². The van der Waals surface area contributed by atoms with Gasteiger partial charge < -0.3 is 15.6 Å². The summed E-state index contributed by atoms with van der Waals surface area (Å²) in [7, 11) is 0. The van der Waals surface area contributed by atoms with Crippen molar-refractivity contribution in [2.45, 2.75) is 6.36 Å². The highest BCUT2D eigenvalue weighted by molar-refractivity contribution is 5.41. The first-order valence-corrected chi connectivity index (χ1v) is 4.67. The number of alkyl halides is 1. The van der Waals surface area contributed by atoms with Crippen LogP contribution in [0.4, 0.5) is 10.1 Å². The van der Waals surface area contributed by atoms with E-state index in [9.17, 15) is 4.39 Å². The van der Waals surface area contributed by atoms with Gasteiger partial charge in [0.1, 0.15) is 0 Å². The topological polar surface area (TPSA) is 56.0 Å². The third kappa shape index (κ3) is 3.47. The molecule has 0 aliphatic carbocycles. The van der Waals surface area contributed by atoms with E-state index in [1.54, 1.807) is 0 Å². The lowest BCUT2D eigenvalue weighted by Crippen LogP contribution is -2.43. The van der Waals surface area contributed by atoms with E-state index < -0.39 is 6.36 Å². The predicted octanol–water partition coefficient (Wildman–Crippen LogP) is 0.817. The van der Waals surface area contributed by atoms with Crippen LogP contribution in [0.25, 0.3) is 0 Å². The molecule has 1 aliphatic heterocycles. The monoisotopic (exact) mass is 214 g/mol. The Hall–Kier alpha value is -1.17. The molecule has 3 N–H and O–H groups in total. The average molecular weight is 214 g/mol. The van der Waals surface area contributed by atoms with Gasteiger partial charge in [0.25, 0.3) is 0 Å². The van der Waals surface area contributed by atoms with Crippen molar-refractivity contribution in [2.75, 3.05) is 25.1 Å². The maximum absolute atomic E-state index is 12.8. The van der Waals surface area contributed by atoms with E-state index in [-0.39, 0.29) is 12.0 Å². The summed E-state index contributed by atoms with van der Waals surface area (Å²) in [6.07, 6.45) is -1.18. The lowest BCUT2D eigenvalue weighted by Gasteiger charge is -2.29. The fourth-order valence-corrected chi connectivity index (χ4v) is 1.40. The number of morpholine rings is 1. The number of ether oxygens (including phenoxy) is 1. The minimum Gasteiger partial charge on any atom is -0.412 e. The Morgan fingerprint density at radius 3 is 2.73 bits per heavy atom. The van der Waals surface area contributed by atoms with E-state index in [1.165, 1.54) is 0 Å². The Labute approximate surface area is 87.9 Å². The number of nitrogens with one attached hydrogen (secondary N) is 1. The smallest absolute Gasteiger partial charge is 0.213 e. The lowest BCUT2D eigenvalue weighted by molar-refractivity contribution is -0.0921. The molecule has 15 heavy (non-hydrogen) atoms.